The van der Waals surface area contributed by atoms with Gasteiger partial charge < -0.3 is 14.0 Å². The van der Waals surface area contributed by atoms with Gasteiger partial charge in [0.25, 0.3) is 0 Å². The molecule has 0 bridgehead atoms. The van der Waals surface area contributed by atoms with Gasteiger partial charge in [-0.3, -0.25) is 5.32 Å². The van der Waals surface area contributed by atoms with Gasteiger partial charge in [-0.1, -0.05) is 71.9 Å². The highest BCUT2D eigenvalue weighted by molar-refractivity contribution is 5.91. The fraction of sp³-hybridized carbons (Fsp3) is 0.179. The summed E-state index contributed by atoms with van der Waals surface area (Å²) in [5, 5.41) is 6.76. The number of ether oxygens (including phenoxy) is 2. The Morgan fingerprint density at radius 1 is 0.857 bits per heavy atom. The lowest BCUT2D eigenvalue weighted by Gasteiger charge is -2.08. The lowest BCUT2D eigenvalue weighted by atomic mass is 10.0. The van der Waals surface area contributed by atoms with Crippen LogP contribution >= 0.6 is 0 Å². The molecule has 0 unspecified atom stereocenters. The number of aryl methyl sites for hydroxylation is 1. The van der Waals surface area contributed by atoms with Crippen LogP contribution in [0.25, 0.3) is 22.5 Å². The molecule has 1 amide bonds. The number of carbonyl (C=O) groups is 2. The first-order valence-electron chi connectivity index (χ1n) is 11.4. The summed E-state index contributed by atoms with van der Waals surface area (Å²) in [6.07, 6.45) is 0.0678. The average molecular weight is 471 g/mol. The molecule has 7 heteroatoms. The fourth-order valence-corrected chi connectivity index (χ4v) is 3.59. The molecular weight excluding hydrogens is 444 g/mol. The SMILES string of the molecule is CCOC(=O)c1ccc(-c2ccc(-c3onc(C)c3NC(=O)OCCc3ccccc3)cc2)cc1. The Hall–Kier alpha value is -4.39. The number of esters is 1. The zero-order valence-electron chi connectivity index (χ0n) is 19.6. The molecule has 1 aromatic heterocycles. The predicted octanol–water partition coefficient (Wildman–Crippen LogP) is 6.28. The molecule has 178 valence electrons. The van der Waals surface area contributed by atoms with Gasteiger partial charge in [-0.15, -0.1) is 0 Å². The Balaban J connectivity index is 1.41. The molecule has 3 aromatic carbocycles. The number of nitrogens with zero attached hydrogens (tertiary/aromatic N) is 1. The highest BCUT2D eigenvalue weighted by atomic mass is 16.5. The minimum absolute atomic E-state index is 0.263. The summed E-state index contributed by atoms with van der Waals surface area (Å²) in [4.78, 5) is 24.2. The van der Waals surface area contributed by atoms with Crippen molar-refractivity contribution in [2.45, 2.75) is 20.3 Å². The van der Waals surface area contributed by atoms with E-state index in [9.17, 15) is 9.59 Å². The number of amides is 1. The maximum absolute atomic E-state index is 12.4. The number of aromatic nitrogens is 1. The van der Waals surface area contributed by atoms with Gasteiger partial charge in [0.2, 0.25) is 0 Å². The van der Waals surface area contributed by atoms with Crippen LogP contribution in [0.3, 0.4) is 0 Å². The van der Waals surface area contributed by atoms with E-state index in [1.54, 1.807) is 26.0 Å². The summed E-state index contributed by atoms with van der Waals surface area (Å²) in [5.41, 5.74) is 5.32. The zero-order chi connectivity index (χ0) is 24.6. The number of rotatable bonds is 8. The molecule has 1 heterocycles. The van der Waals surface area contributed by atoms with Crippen molar-refractivity contribution in [1.29, 1.82) is 0 Å². The molecule has 35 heavy (non-hydrogen) atoms. The number of carbonyl (C=O) groups excluding carboxylic acids is 2. The summed E-state index contributed by atoms with van der Waals surface area (Å²) in [7, 11) is 0. The van der Waals surface area contributed by atoms with Gasteiger partial charge in [-0.2, -0.15) is 0 Å². The van der Waals surface area contributed by atoms with Crippen LogP contribution in [0.4, 0.5) is 10.5 Å². The molecule has 0 saturated heterocycles. The van der Waals surface area contributed by atoms with Gasteiger partial charge in [-0.25, -0.2) is 9.59 Å². The maximum atomic E-state index is 12.4. The van der Waals surface area contributed by atoms with Crippen LogP contribution in [0.2, 0.25) is 0 Å². The molecule has 0 aliphatic heterocycles. The summed E-state index contributed by atoms with van der Waals surface area (Å²) >= 11 is 0. The molecule has 4 aromatic rings. The van der Waals surface area contributed by atoms with Crippen LogP contribution in [0, 0.1) is 6.92 Å². The Bertz CT molecular complexity index is 1280. The standard InChI is InChI=1S/C28H26N2O5/c1-3-33-27(31)24-15-11-22(12-16-24)21-9-13-23(14-10-21)26-25(19(2)30-35-26)29-28(32)34-18-17-20-7-5-4-6-8-20/h4-16H,3,17-18H2,1-2H3,(H,29,32). The van der Waals surface area contributed by atoms with Crippen LogP contribution in [0.5, 0.6) is 0 Å². The van der Waals surface area contributed by atoms with Crippen LogP contribution in [-0.4, -0.2) is 30.4 Å². The van der Waals surface area contributed by atoms with Crippen molar-refractivity contribution in [3.05, 3.63) is 95.7 Å². The van der Waals surface area contributed by atoms with Gasteiger partial charge in [0.15, 0.2) is 5.76 Å². The molecule has 0 spiro atoms. The smallest absolute Gasteiger partial charge is 0.411 e. The van der Waals surface area contributed by atoms with Crippen LogP contribution in [0.15, 0.2) is 83.4 Å². The third-order valence-electron chi connectivity index (χ3n) is 5.43. The Morgan fingerprint density at radius 3 is 2.14 bits per heavy atom. The van der Waals surface area contributed by atoms with E-state index in [1.165, 1.54) is 0 Å². The second-order valence-corrected chi connectivity index (χ2v) is 7.84. The predicted molar refractivity (Wildman–Crippen MR) is 133 cm³/mol. The highest BCUT2D eigenvalue weighted by Gasteiger charge is 2.18. The first kappa shape index (κ1) is 23.8. The molecule has 0 aliphatic rings. The lowest BCUT2D eigenvalue weighted by molar-refractivity contribution is 0.0526. The van der Waals surface area contributed by atoms with Crippen molar-refractivity contribution < 1.29 is 23.6 Å². The fourth-order valence-electron chi connectivity index (χ4n) is 3.59. The summed E-state index contributed by atoms with van der Waals surface area (Å²) in [6.45, 7) is 4.14. The van der Waals surface area contributed by atoms with Gasteiger partial charge in [0.05, 0.1) is 18.8 Å². The van der Waals surface area contributed by atoms with E-state index in [0.29, 0.717) is 35.7 Å². The van der Waals surface area contributed by atoms with Crippen molar-refractivity contribution in [2.75, 3.05) is 18.5 Å². The van der Waals surface area contributed by atoms with Gasteiger partial charge in [0, 0.05) is 12.0 Å². The Labute approximate surface area is 203 Å². The van der Waals surface area contributed by atoms with E-state index in [-0.39, 0.29) is 12.6 Å². The number of hydrogen-bond donors (Lipinski definition) is 1. The second kappa shape index (κ2) is 11.2. The normalized spacial score (nSPS) is 10.6. The van der Waals surface area contributed by atoms with Crippen molar-refractivity contribution >= 4 is 17.7 Å². The molecule has 0 saturated carbocycles. The molecular formula is C28H26N2O5. The number of nitrogens with one attached hydrogen (secondary N) is 1. The third kappa shape index (κ3) is 5.95. The van der Waals surface area contributed by atoms with E-state index in [0.717, 1.165) is 22.3 Å². The first-order chi connectivity index (χ1) is 17.0. The quantitative estimate of drug-likeness (QED) is 0.305. The first-order valence-corrected chi connectivity index (χ1v) is 11.4. The summed E-state index contributed by atoms with van der Waals surface area (Å²) in [6, 6.07) is 24.7. The van der Waals surface area contributed by atoms with Crippen molar-refractivity contribution in [3.8, 4) is 22.5 Å². The van der Waals surface area contributed by atoms with Crippen LogP contribution in [-0.2, 0) is 15.9 Å². The Morgan fingerprint density at radius 2 is 1.49 bits per heavy atom. The van der Waals surface area contributed by atoms with Gasteiger partial charge in [-0.05, 0) is 42.7 Å². The topological polar surface area (TPSA) is 90.7 Å². The number of anilines is 1. The minimum Gasteiger partial charge on any atom is -0.462 e. The molecule has 0 atom stereocenters. The summed E-state index contributed by atoms with van der Waals surface area (Å²) < 4.78 is 15.9. The van der Waals surface area contributed by atoms with E-state index in [1.807, 2.05) is 66.7 Å². The van der Waals surface area contributed by atoms with Crippen molar-refractivity contribution in [3.63, 3.8) is 0 Å². The highest BCUT2D eigenvalue weighted by Crippen LogP contribution is 2.32. The van der Waals surface area contributed by atoms with Gasteiger partial charge >= 0.3 is 12.1 Å². The van der Waals surface area contributed by atoms with E-state index in [4.69, 9.17) is 14.0 Å². The lowest BCUT2D eigenvalue weighted by Crippen LogP contribution is -2.16. The number of hydrogen-bond acceptors (Lipinski definition) is 6. The van der Waals surface area contributed by atoms with Crippen LogP contribution < -0.4 is 5.32 Å². The van der Waals surface area contributed by atoms with Crippen molar-refractivity contribution in [1.82, 2.24) is 5.16 Å². The maximum Gasteiger partial charge on any atom is 0.411 e. The van der Waals surface area contributed by atoms with E-state index in [2.05, 4.69) is 10.5 Å². The van der Waals surface area contributed by atoms with Crippen LogP contribution in [0.1, 0.15) is 28.5 Å². The van der Waals surface area contributed by atoms with E-state index < -0.39 is 6.09 Å². The molecule has 0 fully saturated rings. The molecule has 0 aliphatic carbocycles. The Kier molecular flexibility index (Phi) is 7.57. The monoisotopic (exact) mass is 470 g/mol. The molecule has 4 rings (SSSR count). The molecule has 1 N–H and O–H groups in total. The van der Waals surface area contributed by atoms with Crippen molar-refractivity contribution in [2.24, 2.45) is 0 Å². The van der Waals surface area contributed by atoms with Gasteiger partial charge in [0.1, 0.15) is 11.4 Å². The largest absolute Gasteiger partial charge is 0.462 e. The zero-order valence-corrected chi connectivity index (χ0v) is 19.6. The third-order valence-corrected chi connectivity index (χ3v) is 5.43. The molecule has 7 nitrogen and oxygen atoms in total. The minimum atomic E-state index is -0.563. The summed E-state index contributed by atoms with van der Waals surface area (Å²) in [5.74, 6) is 0.112. The average Bonchev–Trinajstić information content (AvgIpc) is 3.24. The second-order valence-electron chi connectivity index (χ2n) is 7.84. The number of benzene rings is 3. The molecule has 0 radical (unpaired) electrons. The van der Waals surface area contributed by atoms with E-state index >= 15 is 0 Å².